The number of thioether (sulfide) groups is 1. The Bertz CT molecular complexity index is 297. The third-order valence-corrected chi connectivity index (χ3v) is 3.66. The normalized spacial score (nSPS) is 21.4. The third kappa shape index (κ3) is 2.45. The average Bonchev–Trinajstić information content (AvgIpc) is 2.69. The topological polar surface area (TPSA) is 37.8 Å². The number of nitrogens with one attached hydrogen (secondary N) is 1. The molecule has 0 saturated carbocycles. The lowest BCUT2D eigenvalue weighted by molar-refractivity contribution is 0.673. The van der Waals surface area contributed by atoms with Crippen molar-refractivity contribution in [3.63, 3.8) is 0 Å². The van der Waals surface area contributed by atoms with Gasteiger partial charge in [0.15, 0.2) is 0 Å². The molecule has 3 nitrogen and oxygen atoms in total. The van der Waals surface area contributed by atoms with E-state index in [1.165, 1.54) is 19.4 Å². The van der Waals surface area contributed by atoms with Crippen LogP contribution in [0.5, 0.6) is 0 Å². The Morgan fingerprint density at radius 3 is 3.07 bits per heavy atom. The molecule has 0 unspecified atom stereocenters. The number of hydrogen-bond donors (Lipinski definition) is 1. The first kappa shape index (κ1) is 9.93. The summed E-state index contributed by atoms with van der Waals surface area (Å²) in [7, 11) is 0. The lowest BCUT2D eigenvalue weighted by atomic mass is 10.3. The van der Waals surface area contributed by atoms with E-state index in [2.05, 4.69) is 15.3 Å². The van der Waals surface area contributed by atoms with Crippen LogP contribution in [0.2, 0.25) is 0 Å². The van der Waals surface area contributed by atoms with Gasteiger partial charge in [-0.25, -0.2) is 4.98 Å². The maximum absolute atomic E-state index is 4.31. The average molecular weight is 209 g/mol. The second-order valence-corrected chi connectivity index (χ2v) is 4.56. The van der Waals surface area contributed by atoms with Gasteiger partial charge in [-0.05, 0) is 26.3 Å². The fraction of sp³-hybridized carbons (Fsp3) is 0.600. The lowest BCUT2D eigenvalue weighted by Crippen LogP contribution is -2.23. The van der Waals surface area contributed by atoms with Gasteiger partial charge in [0.25, 0.3) is 0 Å². The van der Waals surface area contributed by atoms with Crippen LogP contribution in [-0.2, 0) is 0 Å². The summed E-state index contributed by atoms with van der Waals surface area (Å²) in [6.07, 6.45) is 6.11. The van der Waals surface area contributed by atoms with Crippen LogP contribution < -0.4 is 5.32 Å². The zero-order valence-corrected chi connectivity index (χ0v) is 9.18. The van der Waals surface area contributed by atoms with Crippen molar-refractivity contribution in [3.05, 3.63) is 18.1 Å². The van der Waals surface area contributed by atoms with Crippen molar-refractivity contribution in [2.24, 2.45) is 0 Å². The van der Waals surface area contributed by atoms with Gasteiger partial charge in [0, 0.05) is 24.2 Å². The molecule has 1 aromatic heterocycles. The van der Waals surface area contributed by atoms with Gasteiger partial charge in [0.1, 0.15) is 5.03 Å². The van der Waals surface area contributed by atoms with Crippen molar-refractivity contribution in [3.8, 4) is 0 Å². The van der Waals surface area contributed by atoms with E-state index in [1.54, 1.807) is 12.4 Å². The van der Waals surface area contributed by atoms with Crippen molar-refractivity contribution in [1.82, 2.24) is 15.3 Å². The van der Waals surface area contributed by atoms with Gasteiger partial charge < -0.3 is 5.32 Å². The van der Waals surface area contributed by atoms with Crippen molar-refractivity contribution in [2.45, 2.75) is 30.8 Å². The molecule has 1 aliphatic heterocycles. The van der Waals surface area contributed by atoms with Crippen molar-refractivity contribution < 1.29 is 0 Å². The fourth-order valence-electron chi connectivity index (χ4n) is 1.62. The van der Waals surface area contributed by atoms with Crippen LogP contribution in [0.4, 0.5) is 0 Å². The van der Waals surface area contributed by atoms with Gasteiger partial charge in [-0.1, -0.05) is 0 Å². The Hall–Kier alpha value is -0.610. The molecule has 2 rings (SSSR count). The number of hydrogen-bond acceptors (Lipinski definition) is 4. The van der Waals surface area contributed by atoms with Crippen LogP contribution in [0, 0.1) is 6.92 Å². The first-order valence-electron chi connectivity index (χ1n) is 5.00. The van der Waals surface area contributed by atoms with Gasteiger partial charge in [0.05, 0.1) is 5.69 Å². The Kier molecular flexibility index (Phi) is 3.37. The highest BCUT2D eigenvalue weighted by Gasteiger charge is 2.14. The zero-order valence-electron chi connectivity index (χ0n) is 8.36. The largest absolute Gasteiger partial charge is 0.313 e. The van der Waals surface area contributed by atoms with E-state index in [-0.39, 0.29) is 0 Å². The third-order valence-electron chi connectivity index (χ3n) is 2.42. The summed E-state index contributed by atoms with van der Waals surface area (Å²) in [6, 6.07) is 0.668. The molecule has 0 bridgehead atoms. The molecule has 0 spiro atoms. The molecule has 4 heteroatoms. The number of nitrogens with zero attached hydrogens (tertiary/aromatic N) is 2. The van der Waals surface area contributed by atoms with E-state index in [0.29, 0.717) is 6.04 Å². The van der Waals surface area contributed by atoms with Crippen LogP contribution in [0.15, 0.2) is 17.4 Å². The minimum Gasteiger partial charge on any atom is -0.313 e. The molecule has 1 fully saturated rings. The van der Waals surface area contributed by atoms with Gasteiger partial charge in [-0.3, -0.25) is 4.98 Å². The van der Waals surface area contributed by atoms with Crippen LogP contribution in [-0.4, -0.2) is 28.3 Å². The Labute approximate surface area is 88.7 Å². The van der Waals surface area contributed by atoms with E-state index in [1.807, 2.05) is 18.7 Å². The molecule has 0 radical (unpaired) electrons. The zero-order chi connectivity index (χ0) is 9.80. The SMILES string of the molecule is Cc1nccnc1SC[C@H]1CCCN1. The molecular weight excluding hydrogens is 194 g/mol. The summed E-state index contributed by atoms with van der Waals surface area (Å²) in [5.41, 5.74) is 1.04. The van der Waals surface area contributed by atoms with Crippen LogP contribution in [0.25, 0.3) is 0 Å². The summed E-state index contributed by atoms with van der Waals surface area (Å²) < 4.78 is 0. The molecule has 0 aliphatic carbocycles. The quantitative estimate of drug-likeness (QED) is 0.768. The monoisotopic (exact) mass is 209 g/mol. The fourth-order valence-corrected chi connectivity index (χ4v) is 2.66. The highest BCUT2D eigenvalue weighted by molar-refractivity contribution is 7.99. The first-order valence-corrected chi connectivity index (χ1v) is 5.98. The molecule has 0 aromatic carbocycles. The number of aryl methyl sites for hydroxylation is 1. The van der Waals surface area contributed by atoms with E-state index in [0.717, 1.165) is 16.5 Å². The molecular formula is C10H15N3S. The Morgan fingerprint density at radius 2 is 2.36 bits per heavy atom. The smallest absolute Gasteiger partial charge is 0.117 e. The molecule has 1 saturated heterocycles. The standard InChI is InChI=1S/C10H15N3S/c1-8-10(13-6-5-11-8)14-7-9-3-2-4-12-9/h5-6,9,12H,2-4,7H2,1H3/t9-/m1/s1. The highest BCUT2D eigenvalue weighted by Crippen LogP contribution is 2.20. The summed E-state index contributed by atoms with van der Waals surface area (Å²) >= 11 is 1.81. The summed E-state index contributed by atoms with van der Waals surface area (Å²) in [5, 5.41) is 4.55. The molecule has 2 heterocycles. The number of rotatable bonds is 3. The molecule has 1 atom stereocenters. The van der Waals surface area contributed by atoms with Crippen molar-refractivity contribution >= 4 is 11.8 Å². The predicted octanol–water partition coefficient (Wildman–Crippen LogP) is 1.63. The molecule has 1 aliphatic rings. The van der Waals surface area contributed by atoms with Crippen LogP contribution >= 0.6 is 11.8 Å². The van der Waals surface area contributed by atoms with E-state index in [4.69, 9.17) is 0 Å². The number of aromatic nitrogens is 2. The molecule has 1 N–H and O–H groups in total. The molecule has 14 heavy (non-hydrogen) atoms. The minimum absolute atomic E-state index is 0.668. The second kappa shape index (κ2) is 4.75. The predicted molar refractivity (Wildman–Crippen MR) is 58.5 cm³/mol. The van der Waals surface area contributed by atoms with Crippen molar-refractivity contribution in [1.29, 1.82) is 0 Å². The minimum atomic E-state index is 0.668. The van der Waals surface area contributed by atoms with Crippen molar-refractivity contribution in [2.75, 3.05) is 12.3 Å². The van der Waals surface area contributed by atoms with E-state index in [9.17, 15) is 0 Å². The molecule has 76 valence electrons. The lowest BCUT2D eigenvalue weighted by Gasteiger charge is -2.09. The van der Waals surface area contributed by atoms with E-state index >= 15 is 0 Å². The summed E-state index contributed by atoms with van der Waals surface area (Å²) in [6.45, 7) is 3.18. The van der Waals surface area contributed by atoms with Crippen LogP contribution in [0.3, 0.4) is 0 Å². The Morgan fingerprint density at radius 1 is 1.50 bits per heavy atom. The summed E-state index contributed by atoms with van der Waals surface area (Å²) in [5.74, 6) is 1.11. The van der Waals surface area contributed by atoms with Gasteiger partial charge in [0.2, 0.25) is 0 Å². The maximum atomic E-state index is 4.31. The van der Waals surface area contributed by atoms with Crippen LogP contribution in [0.1, 0.15) is 18.5 Å². The van der Waals surface area contributed by atoms with E-state index < -0.39 is 0 Å². The van der Waals surface area contributed by atoms with Gasteiger partial charge >= 0.3 is 0 Å². The van der Waals surface area contributed by atoms with Gasteiger partial charge in [-0.2, -0.15) is 0 Å². The highest BCUT2D eigenvalue weighted by atomic mass is 32.2. The summed E-state index contributed by atoms with van der Waals surface area (Å²) in [4.78, 5) is 8.53. The maximum Gasteiger partial charge on any atom is 0.117 e. The second-order valence-electron chi connectivity index (χ2n) is 3.55. The Balaban J connectivity index is 1.88. The molecule has 0 amide bonds. The van der Waals surface area contributed by atoms with Gasteiger partial charge in [-0.15, -0.1) is 11.8 Å². The molecule has 1 aromatic rings. The first-order chi connectivity index (χ1) is 6.86.